The number of rotatable bonds is 4. The number of hydrogen-bond acceptors (Lipinski definition) is 5. The van der Waals surface area contributed by atoms with Crippen LogP contribution in [0.25, 0.3) is 0 Å². The number of hydrogen-bond donors (Lipinski definition) is 0. The summed E-state index contributed by atoms with van der Waals surface area (Å²) in [6.07, 6.45) is 0.806. The fourth-order valence-electron chi connectivity index (χ4n) is 3.46. The van der Waals surface area contributed by atoms with Gasteiger partial charge in [0.05, 0.1) is 33.5 Å². The Morgan fingerprint density at radius 2 is 2.14 bits per heavy atom. The van der Waals surface area contributed by atoms with Crippen molar-refractivity contribution in [2.24, 2.45) is 5.41 Å². The smallest absolute Gasteiger partial charge is 0.315 e. The van der Waals surface area contributed by atoms with Gasteiger partial charge in [0.15, 0.2) is 0 Å². The number of methoxy groups -OCH3 is 2. The first-order valence-corrected chi connectivity index (χ1v) is 7.23. The summed E-state index contributed by atoms with van der Waals surface area (Å²) in [6, 6.07) is 8.17. The van der Waals surface area contributed by atoms with Gasteiger partial charge in [-0.15, -0.1) is 0 Å². The highest BCUT2D eigenvalue weighted by molar-refractivity contribution is 5.79. The van der Waals surface area contributed by atoms with Crippen LogP contribution in [0.1, 0.15) is 12.0 Å². The molecule has 21 heavy (non-hydrogen) atoms. The second kappa shape index (κ2) is 5.66. The zero-order valence-corrected chi connectivity index (χ0v) is 12.5. The summed E-state index contributed by atoms with van der Waals surface area (Å²) in [5.74, 6) is 0.718. The second-order valence-electron chi connectivity index (χ2n) is 5.75. The highest BCUT2D eigenvalue weighted by atomic mass is 16.5. The second-order valence-corrected chi connectivity index (χ2v) is 5.75. The topological polar surface area (TPSA) is 48.0 Å². The summed E-state index contributed by atoms with van der Waals surface area (Å²) in [7, 11) is 3.12. The van der Waals surface area contributed by atoms with Crippen LogP contribution in [0, 0.1) is 5.41 Å². The molecule has 2 fully saturated rings. The van der Waals surface area contributed by atoms with Gasteiger partial charge in [-0.05, 0) is 24.1 Å². The van der Waals surface area contributed by atoms with E-state index in [2.05, 4.69) is 17.0 Å². The first-order chi connectivity index (χ1) is 10.2. The third kappa shape index (κ3) is 2.40. The number of esters is 1. The highest BCUT2D eigenvalue weighted by Crippen LogP contribution is 2.43. The molecule has 0 radical (unpaired) electrons. The summed E-state index contributed by atoms with van der Waals surface area (Å²) in [5.41, 5.74) is 0.740. The van der Waals surface area contributed by atoms with E-state index in [4.69, 9.17) is 14.2 Å². The number of carbonyl (C=O) groups is 1. The van der Waals surface area contributed by atoms with Crippen molar-refractivity contribution in [3.63, 3.8) is 0 Å². The van der Waals surface area contributed by atoms with E-state index >= 15 is 0 Å². The molecule has 5 heteroatoms. The summed E-state index contributed by atoms with van der Waals surface area (Å²) >= 11 is 0. The Bertz CT molecular complexity index is 516. The van der Waals surface area contributed by atoms with Gasteiger partial charge in [-0.2, -0.15) is 0 Å². The lowest BCUT2D eigenvalue weighted by Crippen LogP contribution is -2.44. The Balaban J connectivity index is 1.74. The number of benzene rings is 1. The molecule has 2 unspecified atom stereocenters. The Morgan fingerprint density at radius 3 is 2.81 bits per heavy atom. The molecule has 0 aromatic heterocycles. The molecule has 3 rings (SSSR count). The molecule has 0 bridgehead atoms. The van der Waals surface area contributed by atoms with Crippen molar-refractivity contribution >= 4 is 5.97 Å². The molecular weight excluding hydrogens is 270 g/mol. The lowest BCUT2D eigenvalue weighted by Gasteiger charge is -2.28. The Kier molecular flexibility index (Phi) is 3.87. The molecule has 114 valence electrons. The molecule has 1 aromatic rings. The van der Waals surface area contributed by atoms with Crippen LogP contribution in [-0.2, 0) is 20.8 Å². The maximum atomic E-state index is 12.2. The first kappa shape index (κ1) is 14.4. The van der Waals surface area contributed by atoms with E-state index in [9.17, 15) is 4.79 Å². The van der Waals surface area contributed by atoms with Crippen molar-refractivity contribution in [1.82, 2.24) is 4.90 Å². The molecule has 1 aromatic carbocycles. The van der Waals surface area contributed by atoms with Crippen LogP contribution in [-0.4, -0.2) is 50.9 Å². The quantitative estimate of drug-likeness (QED) is 0.786. The van der Waals surface area contributed by atoms with E-state index in [0.29, 0.717) is 13.2 Å². The van der Waals surface area contributed by atoms with Crippen LogP contribution in [0.4, 0.5) is 0 Å². The average molecular weight is 291 g/mol. The van der Waals surface area contributed by atoms with E-state index in [1.807, 2.05) is 12.1 Å². The van der Waals surface area contributed by atoms with Gasteiger partial charge in [0.25, 0.3) is 0 Å². The summed E-state index contributed by atoms with van der Waals surface area (Å²) in [5, 5.41) is 0. The molecule has 2 saturated heterocycles. The van der Waals surface area contributed by atoms with Gasteiger partial charge >= 0.3 is 5.97 Å². The van der Waals surface area contributed by atoms with Crippen LogP contribution < -0.4 is 4.74 Å². The van der Waals surface area contributed by atoms with Crippen molar-refractivity contribution in [3.8, 4) is 5.75 Å². The van der Waals surface area contributed by atoms with Crippen LogP contribution in [0.2, 0.25) is 0 Å². The molecular formula is C16H21NO4. The van der Waals surface area contributed by atoms with Gasteiger partial charge in [0.2, 0.25) is 0 Å². The molecule has 0 amide bonds. The van der Waals surface area contributed by atoms with Gasteiger partial charge in [-0.1, -0.05) is 12.1 Å². The maximum Gasteiger partial charge on any atom is 0.315 e. The van der Waals surface area contributed by atoms with E-state index in [-0.39, 0.29) is 12.0 Å². The summed E-state index contributed by atoms with van der Waals surface area (Å²) < 4.78 is 15.8. The number of ether oxygens (including phenoxy) is 3. The van der Waals surface area contributed by atoms with Crippen LogP contribution in [0.15, 0.2) is 24.3 Å². The SMILES string of the molecule is COC(=O)C12CCN(Cc3ccc(OC)cc3)C1COC2. The monoisotopic (exact) mass is 291 g/mol. The van der Waals surface area contributed by atoms with Crippen LogP contribution in [0.3, 0.4) is 0 Å². The van der Waals surface area contributed by atoms with Gasteiger partial charge in [0, 0.05) is 13.1 Å². The largest absolute Gasteiger partial charge is 0.497 e. The third-order valence-corrected chi connectivity index (χ3v) is 4.70. The van der Waals surface area contributed by atoms with E-state index in [1.54, 1.807) is 7.11 Å². The third-order valence-electron chi connectivity index (χ3n) is 4.70. The van der Waals surface area contributed by atoms with Crippen LogP contribution in [0.5, 0.6) is 5.75 Å². The summed E-state index contributed by atoms with van der Waals surface area (Å²) in [4.78, 5) is 14.5. The predicted molar refractivity (Wildman–Crippen MR) is 77.1 cm³/mol. The summed E-state index contributed by atoms with van der Waals surface area (Å²) in [6.45, 7) is 2.79. The van der Waals surface area contributed by atoms with E-state index in [0.717, 1.165) is 25.3 Å². The zero-order chi connectivity index (χ0) is 14.9. The van der Waals surface area contributed by atoms with E-state index < -0.39 is 5.41 Å². The minimum atomic E-state index is -0.471. The minimum Gasteiger partial charge on any atom is -0.497 e. The number of nitrogens with zero attached hydrogens (tertiary/aromatic N) is 1. The lowest BCUT2D eigenvalue weighted by atomic mass is 9.83. The Labute approximate surface area is 124 Å². The molecule has 0 saturated carbocycles. The van der Waals surface area contributed by atoms with Crippen molar-refractivity contribution in [2.75, 3.05) is 34.0 Å². The molecule has 0 N–H and O–H groups in total. The zero-order valence-electron chi connectivity index (χ0n) is 12.5. The van der Waals surface area contributed by atoms with Gasteiger partial charge in [0.1, 0.15) is 11.2 Å². The Hall–Kier alpha value is -1.59. The van der Waals surface area contributed by atoms with Crippen LogP contribution >= 0.6 is 0 Å². The normalized spacial score (nSPS) is 28.4. The number of fused-ring (bicyclic) bond motifs is 1. The molecule has 2 atom stereocenters. The van der Waals surface area contributed by atoms with Gasteiger partial charge < -0.3 is 14.2 Å². The lowest BCUT2D eigenvalue weighted by molar-refractivity contribution is -0.153. The van der Waals surface area contributed by atoms with Crippen molar-refractivity contribution in [1.29, 1.82) is 0 Å². The standard InChI is InChI=1S/C16H21NO4/c1-19-13-5-3-12(4-6-13)9-17-8-7-16(15(18)20-2)11-21-10-14(16)17/h3-6,14H,7-11H2,1-2H3. The van der Waals surface area contributed by atoms with Gasteiger partial charge in [-0.3, -0.25) is 9.69 Å². The molecule has 2 heterocycles. The minimum absolute atomic E-state index is 0.118. The number of likely N-dealkylation sites (tertiary alicyclic amines) is 1. The van der Waals surface area contributed by atoms with Crippen molar-refractivity contribution < 1.29 is 19.0 Å². The van der Waals surface area contributed by atoms with Crippen molar-refractivity contribution in [3.05, 3.63) is 29.8 Å². The fraction of sp³-hybridized carbons (Fsp3) is 0.562. The van der Waals surface area contributed by atoms with E-state index in [1.165, 1.54) is 12.7 Å². The maximum absolute atomic E-state index is 12.2. The molecule has 0 aliphatic carbocycles. The highest BCUT2D eigenvalue weighted by Gasteiger charge is 2.57. The molecule has 0 spiro atoms. The molecule has 5 nitrogen and oxygen atoms in total. The molecule has 2 aliphatic rings. The fourth-order valence-corrected chi connectivity index (χ4v) is 3.46. The average Bonchev–Trinajstić information content (AvgIpc) is 3.09. The number of carbonyl (C=O) groups excluding carboxylic acids is 1. The molecule has 2 aliphatic heterocycles. The Morgan fingerprint density at radius 1 is 1.38 bits per heavy atom. The van der Waals surface area contributed by atoms with Gasteiger partial charge in [-0.25, -0.2) is 0 Å². The van der Waals surface area contributed by atoms with Crippen molar-refractivity contribution in [2.45, 2.75) is 19.0 Å². The first-order valence-electron chi connectivity index (χ1n) is 7.23. The predicted octanol–water partition coefficient (Wildman–Crippen LogP) is 1.46.